The first-order chi connectivity index (χ1) is 6.52. The standard InChI is InChI=1S/C6H7N3O5/c1-3(10)13-2-4-5(6(7)11)9(12)14-8-4/h2H2,1H3,(H2,7,11). The largest absolute Gasteiger partial charge is 0.457 e. The van der Waals surface area contributed by atoms with Crippen LogP contribution in [0, 0.1) is 5.21 Å². The molecule has 1 aromatic heterocycles. The van der Waals surface area contributed by atoms with Gasteiger partial charge in [-0.15, -0.1) is 0 Å². The molecule has 76 valence electrons. The van der Waals surface area contributed by atoms with Crippen molar-refractivity contribution in [3.63, 3.8) is 0 Å². The summed E-state index contributed by atoms with van der Waals surface area (Å²) in [6.07, 6.45) is 0. The average molecular weight is 201 g/mol. The predicted octanol–water partition coefficient (Wildman–Crippen LogP) is -1.53. The molecule has 1 amide bonds. The third kappa shape index (κ3) is 1.97. The van der Waals surface area contributed by atoms with Crippen LogP contribution in [0.25, 0.3) is 0 Å². The molecule has 0 aliphatic heterocycles. The van der Waals surface area contributed by atoms with Crippen LogP contribution < -0.4 is 10.6 Å². The molecule has 0 aliphatic carbocycles. The summed E-state index contributed by atoms with van der Waals surface area (Å²) in [6, 6.07) is 0. The molecule has 8 nitrogen and oxygen atoms in total. The second-order valence-corrected chi connectivity index (χ2v) is 2.37. The van der Waals surface area contributed by atoms with Crippen molar-refractivity contribution >= 4 is 11.9 Å². The van der Waals surface area contributed by atoms with Crippen molar-refractivity contribution in [2.75, 3.05) is 0 Å². The smallest absolute Gasteiger partial charge is 0.303 e. The number of nitrogens with two attached hydrogens (primary N) is 1. The van der Waals surface area contributed by atoms with Crippen molar-refractivity contribution in [2.24, 2.45) is 5.73 Å². The van der Waals surface area contributed by atoms with Crippen molar-refractivity contribution in [1.29, 1.82) is 0 Å². The van der Waals surface area contributed by atoms with Gasteiger partial charge in [0.2, 0.25) is 0 Å². The molecule has 1 heterocycles. The van der Waals surface area contributed by atoms with Gasteiger partial charge >= 0.3 is 5.97 Å². The number of nitrogens with zero attached hydrogens (tertiary/aromatic N) is 2. The average Bonchev–Trinajstić information content (AvgIpc) is 2.43. The van der Waals surface area contributed by atoms with Gasteiger partial charge in [-0.2, -0.15) is 0 Å². The summed E-state index contributed by atoms with van der Waals surface area (Å²) < 4.78 is 8.62. The van der Waals surface area contributed by atoms with Gasteiger partial charge in [0.25, 0.3) is 17.3 Å². The van der Waals surface area contributed by atoms with Gasteiger partial charge in [0.05, 0.1) is 0 Å². The van der Waals surface area contributed by atoms with Crippen molar-refractivity contribution in [2.45, 2.75) is 13.5 Å². The molecule has 0 bridgehead atoms. The number of hydrogen-bond acceptors (Lipinski definition) is 6. The normalized spacial score (nSPS) is 9.79. The molecule has 2 N–H and O–H groups in total. The topological polar surface area (TPSA) is 122 Å². The summed E-state index contributed by atoms with van der Waals surface area (Å²) in [5.41, 5.74) is 4.29. The summed E-state index contributed by atoms with van der Waals surface area (Å²) in [5.74, 6) is -1.57. The lowest BCUT2D eigenvalue weighted by molar-refractivity contribution is -0.803. The van der Waals surface area contributed by atoms with E-state index in [0.717, 1.165) is 0 Å². The Labute approximate surface area is 77.8 Å². The van der Waals surface area contributed by atoms with E-state index in [2.05, 4.69) is 14.5 Å². The highest BCUT2D eigenvalue weighted by Gasteiger charge is 2.24. The molecule has 0 atom stereocenters. The van der Waals surface area contributed by atoms with E-state index in [1.807, 2.05) is 0 Å². The third-order valence-corrected chi connectivity index (χ3v) is 1.33. The molecule has 0 fully saturated rings. The summed E-state index contributed by atoms with van der Waals surface area (Å²) >= 11 is 0. The van der Waals surface area contributed by atoms with E-state index in [4.69, 9.17) is 5.73 Å². The lowest BCUT2D eigenvalue weighted by Gasteiger charge is -1.95. The van der Waals surface area contributed by atoms with E-state index in [1.165, 1.54) is 6.92 Å². The van der Waals surface area contributed by atoms with Crippen LogP contribution >= 0.6 is 0 Å². The maximum atomic E-state index is 10.8. The van der Waals surface area contributed by atoms with Crippen LogP contribution in [-0.4, -0.2) is 17.0 Å². The minimum absolute atomic E-state index is 0.109. The second-order valence-electron chi connectivity index (χ2n) is 2.37. The molecule has 0 unspecified atom stereocenters. The maximum Gasteiger partial charge on any atom is 0.303 e. The number of hydrogen-bond donors (Lipinski definition) is 1. The summed E-state index contributed by atoms with van der Waals surface area (Å²) in [4.78, 5) is 21.0. The number of carbonyl (C=O) groups excluding carboxylic acids is 2. The van der Waals surface area contributed by atoms with E-state index >= 15 is 0 Å². The lowest BCUT2D eigenvalue weighted by Crippen LogP contribution is -2.35. The quantitative estimate of drug-likeness (QED) is 0.467. The van der Waals surface area contributed by atoms with Gasteiger partial charge in [-0.3, -0.25) is 14.2 Å². The van der Waals surface area contributed by atoms with E-state index < -0.39 is 17.6 Å². The zero-order chi connectivity index (χ0) is 10.7. The number of amides is 1. The zero-order valence-electron chi connectivity index (χ0n) is 7.22. The Balaban J connectivity index is 2.86. The lowest BCUT2D eigenvalue weighted by atomic mass is 10.3. The minimum atomic E-state index is -0.997. The highest BCUT2D eigenvalue weighted by atomic mass is 16.8. The highest BCUT2D eigenvalue weighted by Crippen LogP contribution is 2.01. The number of primary amides is 1. The Kier molecular flexibility index (Phi) is 2.65. The molecule has 0 saturated carbocycles. The van der Waals surface area contributed by atoms with Gasteiger partial charge in [-0.1, -0.05) is 0 Å². The fraction of sp³-hybridized carbons (Fsp3) is 0.333. The Morgan fingerprint density at radius 1 is 1.71 bits per heavy atom. The third-order valence-electron chi connectivity index (χ3n) is 1.33. The van der Waals surface area contributed by atoms with E-state index in [1.54, 1.807) is 0 Å². The summed E-state index contributed by atoms with van der Waals surface area (Å²) in [6.45, 7) is 0.849. The van der Waals surface area contributed by atoms with Crippen LogP contribution in [0.15, 0.2) is 4.63 Å². The SMILES string of the molecule is CC(=O)OCc1no[n+]([O-])c1C(N)=O. The van der Waals surface area contributed by atoms with Crippen LogP contribution in [0.5, 0.6) is 0 Å². The molecule has 8 heteroatoms. The van der Waals surface area contributed by atoms with Crippen LogP contribution in [0.4, 0.5) is 0 Å². The molecule has 0 aromatic carbocycles. The molecule has 0 radical (unpaired) electrons. The van der Waals surface area contributed by atoms with Crippen molar-refractivity contribution in [1.82, 2.24) is 5.16 Å². The van der Waals surface area contributed by atoms with Gasteiger partial charge in [0.15, 0.2) is 6.61 Å². The highest BCUT2D eigenvalue weighted by molar-refractivity contribution is 5.90. The first kappa shape index (κ1) is 9.96. The first-order valence-corrected chi connectivity index (χ1v) is 3.54. The number of ether oxygens (including phenoxy) is 1. The molecule has 0 spiro atoms. The molecule has 0 saturated heterocycles. The van der Waals surface area contributed by atoms with E-state index in [9.17, 15) is 14.8 Å². The predicted molar refractivity (Wildman–Crippen MR) is 39.5 cm³/mol. The first-order valence-electron chi connectivity index (χ1n) is 3.54. The van der Waals surface area contributed by atoms with Crippen LogP contribution in [-0.2, 0) is 16.1 Å². The Hall–Kier alpha value is -2.12. The Morgan fingerprint density at radius 2 is 2.36 bits per heavy atom. The molecular formula is C6H7N3O5. The van der Waals surface area contributed by atoms with Crippen LogP contribution in [0.1, 0.15) is 23.1 Å². The van der Waals surface area contributed by atoms with Crippen molar-refractivity contribution in [3.8, 4) is 0 Å². The number of rotatable bonds is 3. The van der Waals surface area contributed by atoms with Gasteiger partial charge in [0, 0.05) is 12.1 Å². The second kappa shape index (κ2) is 3.73. The van der Waals surface area contributed by atoms with Crippen molar-refractivity contribution in [3.05, 3.63) is 16.6 Å². The van der Waals surface area contributed by atoms with Crippen LogP contribution in [0.2, 0.25) is 0 Å². The fourth-order valence-corrected chi connectivity index (χ4v) is 0.773. The zero-order valence-corrected chi connectivity index (χ0v) is 7.22. The van der Waals surface area contributed by atoms with E-state index in [0.29, 0.717) is 0 Å². The van der Waals surface area contributed by atoms with Crippen LogP contribution in [0.3, 0.4) is 0 Å². The molecule has 1 rings (SSSR count). The molecule has 14 heavy (non-hydrogen) atoms. The van der Waals surface area contributed by atoms with Gasteiger partial charge in [-0.05, 0) is 4.90 Å². The summed E-state index contributed by atoms with van der Waals surface area (Å²) in [7, 11) is 0. The van der Waals surface area contributed by atoms with Gasteiger partial charge < -0.3 is 15.7 Å². The monoisotopic (exact) mass is 201 g/mol. The molecule has 0 aliphatic rings. The Bertz CT molecular complexity index is 372. The number of aromatic nitrogens is 2. The minimum Gasteiger partial charge on any atom is -0.457 e. The summed E-state index contributed by atoms with van der Waals surface area (Å²) in [5, 5.41) is 14.0. The number of esters is 1. The number of carbonyl (C=O) groups is 2. The fourth-order valence-electron chi connectivity index (χ4n) is 0.773. The Morgan fingerprint density at radius 3 is 2.86 bits per heavy atom. The van der Waals surface area contributed by atoms with E-state index in [-0.39, 0.29) is 17.2 Å². The molecular weight excluding hydrogens is 194 g/mol. The van der Waals surface area contributed by atoms with Gasteiger partial charge in [-0.25, -0.2) is 0 Å². The molecule has 1 aromatic rings. The van der Waals surface area contributed by atoms with Crippen molar-refractivity contribution < 1.29 is 23.9 Å². The van der Waals surface area contributed by atoms with Gasteiger partial charge in [0.1, 0.15) is 0 Å². The maximum absolute atomic E-state index is 10.8.